The van der Waals surface area contributed by atoms with Crippen LogP contribution >= 0.6 is 0 Å². The molecule has 0 radical (unpaired) electrons. The van der Waals surface area contributed by atoms with Crippen LogP contribution < -0.4 is 11.5 Å². The lowest BCUT2D eigenvalue weighted by Gasteiger charge is -2.18. The summed E-state index contributed by atoms with van der Waals surface area (Å²) in [5.41, 5.74) is 10.7. The van der Waals surface area contributed by atoms with E-state index in [2.05, 4.69) is 0 Å². The van der Waals surface area contributed by atoms with Crippen LogP contribution in [0.1, 0.15) is 18.1 Å². The molecule has 84 valence electrons. The fourth-order valence-corrected chi connectivity index (χ4v) is 1.33. The van der Waals surface area contributed by atoms with E-state index in [4.69, 9.17) is 11.5 Å². The van der Waals surface area contributed by atoms with Gasteiger partial charge in [0.15, 0.2) is 11.6 Å². The summed E-state index contributed by atoms with van der Waals surface area (Å²) in [6, 6.07) is 2.93. The van der Waals surface area contributed by atoms with Crippen molar-refractivity contribution in [3.63, 3.8) is 0 Å². The molecule has 0 fully saturated rings. The molecular weight excluding hydrogens is 202 g/mol. The molecule has 2 atom stereocenters. The van der Waals surface area contributed by atoms with E-state index < -0.39 is 23.8 Å². The van der Waals surface area contributed by atoms with E-state index in [1.165, 1.54) is 12.1 Å². The Kier molecular flexibility index (Phi) is 4.14. The number of hydrogen-bond donors (Lipinski definition) is 3. The molecule has 0 aliphatic heterocycles. The van der Waals surface area contributed by atoms with Crippen molar-refractivity contribution in [2.45, 2.75) is 18.6 Å². The molecule has 0 bridgehead atoms. The Morgan fingerprint density at radius 3 is 2.60 bits per heavy atom. The maximum Gasteiger partial charge on any atom is 0.164 e. The van der Waals surface area contributed by atoms with Gasteiger partial charge in [0, 0.05) is 11.6 Å². The van der Waals surface area contributed by atoms with E-state index >= 15 is 0 Å². The zero-order chi connectivity index (χ0) is 11.4. The molecule has 0 aliphatic carbocycles. The van der Waals surface area contributed by atoms with Gasteiger partial charge in [-0.05, 0) is 19.0 Å². The maximum absolute atomic E-state index is 13.2. The van der Waals surface area contributed by atoms with E-state index in [0.29, 0.717) is 6.42 Å². The summed E-state index contributed by atoms with van der Waals surface area (Å²) >= 11 is 0. The van der Waals surface area contributed by atoms with Crippen LogP contribution in [0.2, 0.25) is 0 Å². The topological polar surface area (TPSA) is 72.3 Å². The van der Waals surface area contributed by atoms with Crippen molar-refractivity contribution in [1.82, 2.24) is 0 Å². The number of rotatable bonds is 4. The maximum atomic E-state index is 13.2. The highest BCUT2D eigenvalue weighted by atomic mass is 19.2. The summed E-state index contributed by atoms with van der Waals surface area (Å²) in [4.78, 5) is 0. The van der Waals surface area contributed by atoms with E-state index in [1.54, 1.807) is 0 Å². The van der Waals surface area contributed by atoms with E-state index in [0.717, 1.165) is 6.07 Å². The van der Waals surface area contributed by atoms with Gasteiger partial charge in [0.25, 0.3) is 0 Å². The molecule has 0 aliphatic rings. The van der Waals surface area contributed by atoms with Gasteiger partial charge in [0.05, 0.1) is 6.10 Å². The standard InChI is InChI=1S/C10H14F2N2O/c11-7-3-1-2-6(9(7)12)10(15)8(14)4-5-13/h1-3,8,10,15H,4-5,13-14H2. The Morgan fingerprint density at radius 1 is 1.33 bits per heavy atom. The average Bonchev–Trinajstić information content (AvgIpc) is 2.21. The van der Waals surface area contributed by atoms with E-state index in [-0.39, 0.29) is 12.1 Å². The normalized spacial score (nSPS) is 15.0. The molecule has 1 aromatic rings. The molecule has 0 spiro atoms. The van der Waals surface area contributed by atoms with E-state index in [1.807, 2.05) is 0 Å². The summed E-state index contributed by atoms with van der Waals surface area (Å²) in [5, 5.41) is 9.64. The molecule has 5 heteroatoms. The summed E-state index contributed by atoms with van der Waals surface area (Å²) in [5.74, 6) is -2.05. The summed E-state index contributed by atoms with van der Waals surface area (Å²) in [7, 11) is 0. The van der Waals surface area contributed by atoms with Crippen LogP contribution in [-0.4, -0.2) is 17.7 Å². The van der Waals surface area contributed by atoms with Gasteiger partial charge in [0.1, 0.15) is 0 Å². The Balaban J connectivity index is 2.90. The van der Waals surface area contributed by atoms with Crippen LogP contribution in [-0.2, 0) is 0 Å². The first-order chi connectivity index (χ1) is 7.07. The van der Waals surface area contributed by atoms with Gasteiger partial charge < -0.3 is 16.6 Å². The average molecular weight is 216 g/mol. The molecule has 0 saturated heterocycles. The Hall–Kier alpha value is -1.04. The largest absolute Gasteiger partial charge is 0.387 e. The third-order valence-corrected chi connectivity index (χ3v) is 2.21. The number of nitrogens with two attached hydrogens (primary N) is 2. The summed E-state index contributed by atoms with van der Waals surface area (Å²) in [6.45, 7) is 0.287. The van der Waals surface area contributed by atoms with Crippen LogP contribution in [0.3, 0.4) is 0 Å². The zero-order valence-electron chi connectivity index (χ0n) is 8.16. The van der Waals surface area contributed by atoms with Gasteiger partial charge in [-0.25, -0.2) is 8.78 Å². The minimum atomic E-state index is -1.23. The van der Waals surface area contributed by atoms with Crippen LogP contribution in [0.5, 0.6) is 0 Å². The monoisotopic (exact) mass is 216 g/mol. The lowest BCUT2D eigenvalue weighted by Crippen LogP contribution is -2.31. The SMILES string of the molecule is NCCC(N)C(O)c1cccc(F)c1F. The van der Waals surface area contributed by atoms with Gasteiger partial charge in [-0.1, -0.05) is 12.1 Å². The van der Waals surface area contributed by atoms with Crippen molar-refractivity contribution in [3.8, 4) is 0 Å². The predicted octanol–water partition coefficient (Wildman–Crippen LogP) is 0.674. The van der Waals surface area contributed by atoms with Crippen molar-refractivity contribution in [2.24, 2.45) is 11.5 Å². The highest BCUT2D eigenvalue weighted by Gasteiger charge is 2.21. The number of aliphatic hydroxyl groups is 1. The van der Waals surface area contributed by atoms with Gasteiger partial charge in [-0.3, -0.25) is 0 Å². The van der Waals surface area contributed by atoms with Gasteiger partial charge in [0.2, 0.25) is 0 Å². The number of halogens is 2. The zero-order valence-corrected chi connectivity index (χ0v) is 8.16. The fourth-order valence-electron chi connectivity index (χ4n) is 1.33. The van der Waals surface area contributed by atoms with Crippen molar-refractivity contribution in [2.75, 3.05) is 6.54 Å². The summed E-state index contributed by atoms with van der Waals surface area (Å²) in [6.07, 6.45) is -0.888. The lowest BCUT2D eigenvalue weighted by molar-refractivity contribution is 0.138. The third-order valence-electron chi connectivity index (χ3n) is 2.21. The fraction of sp³-hybridized carbons (Fsp3) is 0.400. The molecule has 0 heterocycles. The molecule has 0 aromatic heterocycles. The Labute approximate surface area is 86.7 Å². The Bertz CT molecular complexity index is 333. The quantitative estimate of drug-likeness (QED) is 0.692. The molecule has 3 nitrogen and oxygen atoms in total. The molecule has 5 N–H and O–H groups in total. The number of aliphatic hydroxyl groups excluding tert-OH is 1. The molecule has 15 heavy (non-hydrogen) atoms. The lowest BCUT2D eigenvalue weighted by atomic mass is 10.00. The minimum Gasteiger partial charge on any atom is -0.387 e. The molecule has 1 aromatic carbocycles. The van der Waals surface area contributed by atoms with Gasteiger partial charge in [-0.2, -0.15) is 0 Å². The van der Waals surface area contributed by atoms with Gasteiger partial charge in [-0.15, -0.1) is 0 Å². The molecular formula is C10H14F2N2O. The highest BCUT2D eigenvalue weighted by molar-refractivity contribution is 5.22. The minimum absolute atomic E-state index is 0.129. The van der Waals surface area contributed by atoms with Gasteiger partial charge >= 0.3 is 0 Å². The molecule has 2 unspecified atom stereocenters. The first kappa shape index (κ1) is 12.0. The molecule has 1 rings (SSSR count). The molecule has 0 amide bonds. The van der Waals surface area contributed by atoms with Crippen LogP contribution in [0.15, 0.2) is 18.2 Å². The predicted molar refractivity (Wildman–Crippen MR) is 53.0 cm³/mol. The number of benzene rings is 1. The second kappa shape index (κ2) is 5.16. The van der Waals surface area contributed by atoms with Crippen LogP contribution in [0.4, 0.5) is 8.78 Å². The highest BCUT2D eigenvalue weighted by Crippen LogP contribution is 2.22. The first-order valence-corrected chi connectivity index (χ1v) is 4.65. The second-order valence-electron chi connectivity index (χ2n) is 3.33. The summed E-state index contributed by atoms with van der Waals surface area (Å²) < 4.78 is 26.1. The smallest absolute Gasteiger partial charge is 0.164 e. The van der Waals surface area contributed by atoms with Crippen molar-refractivity contribution < 1.29 is 13.9 Å². The van der Waals surface area contributed by atoms with Crippen molar-refractivity contribution in [1.29, 1.82) is 0 Å². The second-order valence-corrected chi connectivity index (χ2v) is 3.33. The third kappa shape index (κ3) is 2.71. The van der Waals surface area contributed by atoms with Crippen molar-refractivity contribution in [3.05, 3.63) is 35.4 Å². The van der Waals surface area contributed by atoms with Crippen LogP contribution in [0.25, 0.3) is 0 Å². The van der Waals surface area contributed by atoms with Crippen molar-refractivity contribution >= 4 is 0 Å². The Morgan fingerprint density at radius 2 is 2.00 bits per heavy atom. The first-order valence-electron chi connectivity index (χ1n) is 4.65. The molecule has 0 saturated carbocycles. The van der Waals surface area contributed by atoms with E-state index in [9.17, 15) is 13.9 Å². The number of hydrogen-bond acceptors (Lipinski definition) is 3. The van der Waals surface area contributed by atoms with Crippen LogP contribution in [0, 0.1) is 11.6 Å².